The van der Waals surface area contributed by atoms with E-state index >= 15 is 0 Å². The van der Waals surface area contributed by atoms with Crippen LogP contribution in [-0.2, 0) is 0 Å². The van der Waals surface area contributed by atoms with Crippen LogP contribution < -0.4 is 5.32 Å². The van der Waals surface area contributed by atoms with Gasteiger partial charge in [0.15, 0.2) is 5.16 Å². The maximum absolute atomic E-state index is 4.35. The van der Waals surface area contributed by atoms with Crippen molar-refractivity contribution in [2.24, 2.45) is 5.41 Å². The Labute approximate surface area is 115 Å². The monoisotopic (exact) mass is 267 g/mol. The summed E-state index contributed by atoms with van der Waals surface area (Å²) in [7, 11) is 0. The molecule has 0 radical (unpaired) electrons. The van der Waals surface area contributed by atoms with Crippen LogP contribution in [0.4, 0.5) is 0 Å². The predicted octanol–water partition coefficient (Wildman–Crippen LogP) is 3.45. The Morgan fingerprint density at radius 2 is 2.39 bits per heavy atom. The highest BCUT2D eigenvalue weighted by atomic mass is 32.2. The third kappa shape index (κ3) is 3.29. The highest BCUT2D eigenvalue weighted by Gasteiger charge is 2.39. The van der Waals surface area contributed by atoms with Crippen molar-refractivity contribution >= 4 is 11.8 Å². The van der Waals surface area contributed by atoms with Crippen LogP contribution in [0.25, 0.3) is 0 Å². The van der Waals surface area contributed by atoms with Crippen molar-refractivity contribution in [3.8, 4) is 0 Å². The summed E-state index contributed by atoms with van der Waals surface area (Å²) in [5.41, 5.74) is 0.387. The molecule has 1 aromatic rings. The second kappa shape index (κ2) is 6.11. The number of rotatable bonds is 5. The van der Waals surface area contributed by atoms with Gasteiger partial charge in [-0.1, -0.05) is 39.0 Å². The highest BCUT2D eigenvalue weighted by molar-refractivity contribution is 7.99. The minimum Gasteiger partial charge on any atom is -0.340 e. The van der Waals surface area contributed by atoms with Gasteiger partial charge in [0.1, 0.15) is 0 Å². The SMILES string of the molecule is CCCNC1C(Sc2ncc[nH]2)CCCC1(C)C. The summed E-state index contributed by atoms with van der Waals surface area (Å²) >= 11 is 1.90. The lowest BCUT2D eigenvalue weighted by Crippen LogP contribution is -2.51. The maximum atomic E-state index is 4.35. The second-order valence-corrected chi connectivity index (χ2v) is 7.09. The van der Waals surface area contributed by atoms with Gasteiger partial charge in [-0.25, -0.2) is 4.98 Å². The summed E-state index contributed by atoms with van der Waals surface area (Å²) in [6.07, 6.45) is 8.88. The lowest BCUT2D eigenvalue weighted by atomic mass is 9.73. The number of hydrogen-bond donors (Lipinski definition) is 2. The molecule has 0 aromatic carbocycles. The smallest absolute Gasteiger partial charge is 0.165 e. The van der Waals surface area contributed by atoms with E-state index in [-0.39, 0.29) is 0 Å². The number of aromatic amines is 1. The molecule has 2 rings (SSSR count). The Morgan fingerprint density at radius 3 is 3.06 bits per heavy atom. The fraction of sp³-hybridized carbons (Fsp3) is 0.786. The van der Waals surface area contributed by atoms with Crippen LogP contribution in [0.5, 0.6) is 0 Å². The molecule has 1 heterocycles. The van der Waals surface area contributed by atoms with Crippen LogP contribution in [0.15, 0.2) is 17.6 Å². The molecule has 1 aromatic heterocycles. The van der Waals surface area contributed by atoms with Gasteiger partial charge in [0.05, 0.1) is 0 Å². The number of thioether (sulfide) groups is 1. The average Bonchev–Trinajstić information content (AvgIpc) is 2.80. The van der Waals surface area contributed by atoms with Gasteiger partial charge >= 0.3 is 0 Å². The molecule has 0 aliphatic heterocycles. The van der Waals surface area contributed by atoms with E-state index in [1.54, 1.807) is 0 Å². The van der Waals surface area contributed by atoms with Crippen molar-refractivity contribution in [2.75, 3.05) is 6.54 Å². The Morgan fingerprint density at radius 1 is 1.56 bits per heavy atom. The number of hydrogen-bond acceptors (Lipinski definition) is 3. The average molecular weight is 267 g/mol. The highest BCUT2D eigenvalue weighted by Crippen LogP contribution is 2.42. The first-order valence-electron chi connectivity index (χ1n) is 7.03. The van der Waals surface area contributed by atoms with Crippen molar-refractivity contribution in [3.05, 3.63) is 12.4 Å². The molecular weight excluding hydrogens is 242 g/mol. The maximum Gasteiger partial charge on any atom is 0.165 e. The summed E-state index contributed by atoms with van der Waals surface area (Å²) in [4.78, 5) is 7.56. The van der Waals surface area contributed by atoms with Gasteiger partial charge in [-0.05, 0) is 31.2 Å². The fourth-order valence-electron chi connectivity index (χ4n) is 2.88. The number of nitrogens with zero attached hydrogens (tertiary/aromatic N) is 1. The molecule has 1 saturated carbocycles. The molecular formula is C14H25N3S. The second-order valence-electron chi connectivity index (χ2n) is 5.86. The normalized spacial score (nSPS) is 27.3. The largest absolute Gasteiger partial charge is 0.340 e. The van der Waals surface area contributed by atoms with E-state index in [0.29, 0.717) is 16.7 Å². The molecule has 0 spiro atoms. The van der Waals surface area contributed by atoms with E-state index in [1.165, 1.54) is 25.7 Å². The van der Waals surface area contributed by atoms with Crippen molar-refractivity contribution in [1.82, 2.24) is 15.3 Å². The van der Waals surface area contributed by atoms with Gasteiger partial charge in [0.2, 0.25) is 0 Å². The number of nitrogens with one attached hydrogen (secondary N) is 2. The van der Waals surface area contributed by atoms with Gasteiger partial charge in [-0.2, -0.15) is 0 Å². The summed E-state index contributed by atoms with van der Waals surface area (Å²) in [5, 5.41) is 5.45. The molecule has 2 N–H and O–H groups in total. The Kier molecular flexibility index (Phi) is 4.73. The van der Waals surface area contributed by atoms with Crippen LogP contribution >= 0.6 is 11.8 Å². The zero-order valence-electron chi connectivity index (χ0n) is 11.7. The topological polar surface area (TPSA) is 40.7 Å². The molecule has 18 heavy (non-hydrogen) atoms. The summed E-state index contributed by atoms with van der Waals surface area (Å²) < 4.78 is 0. The number of H-pyrrole nitrogens is 1. The van der Waals surface area contributed by atoms with Crippen LogP contribution in [0, 0.1) is 5.41 Å². The van der Waals surface area contributed by atoms with Crippen molar-refractivity contribution < 1.29 is 0 Å². The molecule has 4 heteroatoms. The van der Waals surface area contributed by atoms with Crippen molar-refractivity contribution in [3.63, 3.8) is 0 Å². The molecule has 3 nitrogen and oxygen atoms in total. The van der Waals surface area contributed by atoms with Crippen molar-refractivity contribution in [2.45, 2.75) is 62.9 Å². The summed E-state index contributed by atoms with van der Waals surface area (Å²) in [5.74, 6) is 0. The fourth-order valence-corrected chi connectivity index (χ4v) is 4.31. The van der Waals surface area contributed by atoms with E-state index < -0.39 is 0 Å². The van der Waals surface area contributed by atoms with Gasteiger partial charge in [-0.15, -0.1) is 0 Å². The Bertz CT molecular complexity index is 348. The molecule has 2 unspecified atom stereocenters. The van der Waals surface area contributed by atoms with Gasteiger partial charge in [0, 0.05) is 23.7 Å². The zero-order valence-corrected chi connectivity index (χ0v) is 12.5. The molecule has 0 amide bonds. The first-order valence-corrected chi connectivity index (χ1v) is 7.91. The zero-order chi connectivity index (χ0) is 13.0. The molecule has 1 fully saturated rings. The van der Waals surface area contributed by atoms with E-state index in [2.05, 4.69) is 36.1 Å². The van der Waals surface area contributed by atoms with E-state index in [1.807, 2.05) is 24.2 Å². The van der Waals surface area contributed by atoms with E-state index in [4.69, 9.17) is 0 Å². The minimum absolute atomic E-state index is 0.387. The predicted molar refractivity (Wildman–Crippen MR) is 77.9 cm³/mol. The number of imidazole rings is 1. The lowest BCUT2D eigenvalue weighted by Gasteiger charge is -2.44. The third-order valence-corrected chi connectivity index (χ3v) is 5.13. The quantitative estimate of drug-likeness (QED) is 0.858. The lowest BCUT2D eigenvalue weighted by molar-refractivity contribution is 0.175. The molecule has 2 atom stereocenters. The van der Waals surface area contributed by atoms with Gasteiger partial charge < -0.3 is 10.3 Å². The molecule has 0 bridgehead atoms. The number of aromatic nitrogens is 2. The van der Waals surface area contributed by atoms with Crippen LogP contribution in [-0.4, -0.2) is 27.8 Å². The summed E-state index contributed by atoms with van der Waals surface area (Å²) in [6, 6.07) is 0.585. The molecule has 1 aliphatic rings. The molecule has 1 aliphatic carbocycles. The first-order chi connectivity index (χ1) is 8.63. The standard InChI is InChI=1S/C14H25N3S/c1-4-8-15-12-11(6-5-7-14(12,2)3)18-13-16-9-10-17-13/h9-12,15H,4-8H2,1-3H3,(H,16,17). The van der Waals surface area contributed by atoms with Crippen LogP contribution in [0.2, 0.25) is 0 Å². The molecule has 102 valence electrons. The van der Waals surface area contributed by atoms with E-state index in [9.17, 15) is 0 Å². The van der Waals surface area contributed by atoms with Crippen LogP contribution in [0.3, 0.4) is 0 Å². The first kappa shape index (κ1) is 13.9. The van der Waals surface area contributed by atoms with Gasteiger partial charge in [-0.3, -0.25) is 0 Å². The minimum atomic E-state index is 0.387. The van der Waals surface area contributed by atoms with Gasteiger partial charge in [0.25, 0.3) is 0 Å². The van der Waals surface area contributed by atoms with Crippen LogP contribution in [0.1, 0.15) is 46.5 Å². The van der Waals surface area contributed by atoms with Crippen molar-refractivity contribution in [1.29, 1.82) is 0 Å². The Hall–Kier alpha value is -0.480. The van der Waals surface area contributed by atoms with E-state index in [0.717, 1.165) is 11.7 Å². The summed E-state index contributed by atoms with van der Waals surface area (Å²) in [6.45, 7) is 8.14. The Balaban J connectivity index is 2.05. The molecule has 0 saturated heterocycles. The third-order valence-electron chi connectivity index (χ3n) is 3.87.